The maximum atomic E-state index is 12.7. The summed E-state index contributed by atoms with van der Waals surface area (Å²) in [5.74, 6) is -2.76. The van der Waals surface area contributed by atoms with Crippen LogP contribution in [-0.2, 0) is 12.5 Å². The van der Waals surface area contributed by atoms with Crippen LogP contribution in [0.1, 0.15) is 16.8 Å². The van der Waals surface area contributed by atoms with Gasteiger partial charge in [-0.1, -0.05) is 0 Å². The highest BCUT2D eigenvalue weighted by Gasteiger charge is 2.26. The molecule has 1 aromatic heterocycles. The van der Waals surface area contributed by atoms with Crippen LogP contribution in [0.5, 0.6) is 0 Å². The van der Waals surface area contributed by atoms with Gasteiger partial charge >= 0.3 is 0 Å². The van der Waals surface area contributed by atoms with Crippen LogP contribution in [0, 0.1) is 0 Å². The molecular formula is C7H10F2N2S. The van der Waals surface area contributed by atoms with Gasteiger partial charge < -0.3 is 5.32 Å². The number of hydrogen-bond acceptors (Lipinski definition) is 3. The lowest BCUT2D eigenvalue weighted by Gasteiger charge is -2.04. The molecule has 0 radical (unpaired) electrons. The smallest absolute Gasteiger partial charge is 0.281 e. The molecule has 1 rings (SSSR count). The van der Waals surface area contributed by atoms with Crippen LogP contribution in [0.3, 0.4) is 0 Å². The van der Waals surface area contributed by atoms with E-state index in [4.69, 9.17) is 0 Å². The molecule has 0 bridgehead atoms. The Bertz CT molecular complexity index is 254. The molecule has 0 unspecified atom stereocenters. The highest BCUT2D eigenvalue weighted by atomic mass is 32.1. The number of nitrogens with zero attached hydrogens (tertiary/aromatic N) is 1. The molecule has 1 aromatic rings. The van der Waals surface area contributed by atoms with Crippen molar-refractivity contribution in [2.45, 2.75) is 19.4 Å². The first kappa shape index (κ1) is 9.54. The van der Waals surface area contributed by atoms with Crippen LogP contribution in [0.4, 0.5) is 8.78 Å². The van der Waals surface area contributed by atoms with Crippen molar-refractivity contribution >= 4 is 11.3 Å². The molecular weight excluding hydrogens is 182 g/mol. The zero-order valence-electron chi connectivity index (χ0n) is 6.90. The third-order valence-electron chi connectivity index (χ3n) is 1.31. The van der Waals surface area contributed by atoms with Gasteiger partial charge in [0.05, 0.1) is 4.88 Å². The molecule has 0 atom stereocenters. The Morgan fingerprint density at radius 2 is 2.33 bits per heavy atom. The number of nitrogens with one attached hydrogen (secondary N) is 1. The largest absolute Gasteiger partial charge is 0.314 e. The molecule has 0 aromatic carbocycles. The first-order valence-electron chi connectivity index (χ1n) is 3.51. The van der Waals surface area contributed by atoms with Crippen molar-refractivity contribution in [3.05, 3.63) is 16.1 Å². The van der Waals surface area contributed by atoms with Crippen LogP contribution >= 0.6 is 11.3 Å². The molecule has 0 aliphatic heterocycles. The minimum Gasteiger partial charge on any atom is -0.314 e. The fourth-order valence-corrected chi connectivity index (χ4v) is 1.61. The SMILES string of the molecule is CNCc1ncc(C(C)(F)F)s1. The monoisotopic (exact) mass is 192 g/mol. The Morgan fingerprint density at radius 1 is 1.67 bits per heavy atom. The van der Waals surface area contributed by atoms with Crippen molar-refractivity contribution < 1.29 is 8.78 Å². The van der Waals surface area contributed by atoms with E-state index in [-0.39, 0.29) is 4.88 Å². The van der Waals surface area contributed by atoms with Crippen molar-refractivity contribution in [1.29, 1.82) is 0 Å². The van der Waals surface area contributed by atoms with Gasteiger partial charge in [0, 0.05) is 19.7 Å². The van der Waals surface area contributed by atoms with E-state index in [1.54, 1.807) is 7.05 Å². The first-order valence-corrected chi connectivity index (χ1v) is 4.33. The second-order valence-corrected chi connectivity index (χ2v) is 3.65. The van der Waals surface area contributed by atoms with Gasteiger partial charge in [0.25, 0.3) is 5.92 Å². The number of rotatable bonds is 3. The third kappa shape index (κ3) is 2.22. The molecule has 12 heavy (non-hydrogen) atoms. The van der Waals surface area contributed by atoms with Gasteiger partial charge in [-0.15, -0.1) is 11.3 Å². The summed E-state index contributed by atoms with van der Waals surface area (Å²) in [5.41, 5.74) is 0. The van der Waals surface area contributed by atoms with Crippen molar-refractivity contribution in [3.63, 3.8) is 0 Å². The minimum absolute atomic E-state index is 0.0211. The third-order valence-corrected chi connectivity index (χ3v) is 2.48. The summed E-state index contributed by atoms with van der Waals surface area (Å²) in [7, 11) is 1.76. The van der Waals surface area contributed by atoms with Crippen LogP contribution in [-0.4, -0.2) is 12.0 Å². The summed E-state index contributed by atoms with van der Waals surface area (Å²) in [5, 5.41) is 3.54. The number of alkyl halides is 2. The molecule has 0 saturated heterocycles. The number of thiazole rings is 1. The van der Waals surface area contributed by atoms with E-state index >= 15 is 0 Å². The van der Waals surface area contributed by atoms with E-state index in [0.29, 0.717) is 11.6 Å². The average molecular weight is 192 g/mol. The van der Waals surface area contributed by atoms with Gasteiger partial charge in [0.15, 0.2) is 0 Å². The maximum absolute atomic E-state index is 12.7. The molecule has 0 spiro atoms. The molecule has 1 N–H and O–H groups in total. The summed E-state index contributed by atoms with van der Waals surface area (Å²) >= 11 is 1.04. The molecule has 0 fully saturated rings. The van der Waals surface area contributed by atoms with Crippen molar-refractivity contribution in [3.8, 4) is 0 Å². The van der Waals surface area contributed by atoms with Crippen molar-refractivity contribution in [2.24, 2.45) is 0 Å². The molecule has 0 aliphatic carbocycles. The molecule has 5 heteroatoms. The van der Waals surface area contributed by atoms with E-state index in [1.807, 2.05) is 0 Å². The quantitative estimate of drug-likeness (QED) is 0.792. The lowest BCUT2D eigenvalue weighted by molar-refractivity contribution is 0.0213. The van der Waals surface area contributed by atoms with Crippen molar-refractivity contribution in [1.82, 2.24) is 10.3 Å². The summed E-state index contributed by atoms with van der Waals surface area (Å²) in [6.07, 6.45) is 1.23. The zero-order valence-corrected chi connectivity index (χ0v) is 7.71. The van der Waals surface area contributed by atoms with E-state index in [2.05, 4.69) is 10.3 Å². The normalized spacial score (nSPS) is 12.0. The van der Waals surface area contributed by atoms with Gasteiger partial charge in [-0.2, -0.15) is 0 Å². The van der Waals surface area contributed by atoms with E-state index in [1.165, 1.54) is 6.20 Å². The predicted molar refractivity (Wildman–Crippen MR) is 44.4 cm³/mol. The zero-order chi connectivity index (χ0) is 9.19. The van der Waals surface area contributed by atoms with Gasteiger partial charge in [-0.25, -0.2) is 13.8 Å². The summed E-state index contributed by atoms with van der Waals surface area (Å²) < 4.78 is 25.3. The molecule has 0 saturated carbocycles. The molecule has 2 nitrogen and oxygen atoms in total. The van der Waals surface area contributed by atoms with E-state index in [0.717, 1.165) is 18.3 Å². The van der Waals surface area contributed by atoms with Crippen molar-refractivity contribution in [2.75, 3.05) is 7.05 Å². The van der Waals surface area contributed by atoms with Crippen LogP contribution in [0.2, 0.25) is 0 Å². The standard InChI is InChI=1S/C7H10F2N2S/c1-7(8,9)5-3-11-6(12-5)4-10-2/h3,10H,4H2,1-2H3. The minimum atomic E-state index is -2.76. The lowest BCUT2D eigenvalue weighted by Crippen LogP contribution is -2.04. The Kier molecular flexibility index (Phi) is 2.74. The summed E-state index contributed by atoms with van der Waals surface area (Å²) in [6.45, 7) is 1.42. The van der Waals surface area contributed by atoms with E-state index < -0.39 is 5.92 Å². The molecule has 1 heterocycles. The van der Waals surface area contributed by atoms with Gasteiger partial charge in [0.1, 0.15) is 5.01 Å². The van der Waals surface area contributed by atoms with Gasteiger partial charge in [0.2, 0.25) is 0 Å². The topological polar surface area (TPSA) is 24.9 Å². The fourth-order valence-electron chi connectivity index (χ4n) is 0.746. The van der Waals surface area contributed by atoms with Crippen LogP contribution in [0.15, 0.2) is 6.20 Å². The lowest BCUT2D eigenvalue weighted by atomic mass is 10.3. The van der Waals surface area contributed by atoms with E-state index in [9.17, 15) is 8.78 Å². The maximum Gasteiger partial charge on any atom is 0.281 e. The van der Waals surface area contributed by atoms with Gasteiger partial charge in [-0.3, -0.25) is 0 Å². The highest BCUT2D eigenvalue weighted by molar-refractivity contribution is 7.11. The Hall–Kier alpha value is -0.550. The van der Waals surface area contributed by atoms with Crippen LogP contribution < -0.4 is 5.32 Å². The molecule has 0 amide bonds. The number of hydrogen-bond donors (Lipinski definition) is 1. The second-order valence-electron chi connectivity index (χ2n) is 2.54. The highest BCUT2D eigenvalue weighted by Crippen LogP contribution is 2.31. The number of halogens is 2. The van der Waals surface area contributed by atoms with Gasteiger partial charge in [-0.05, 0) is 7.05 Å². The first-order chi connectivity index (χ1) is 5.54. The van der Waals surface area contributed by atoms with Crippen LogP contribution in [0.25, 0.3) is 0 Å². The second kappa shape index (κ2) is 3.45. The Morgan fingerprint density at radius 3 is 2.75 bits per heavy atom. The molecule has 68 valence electrons. The summed E-state index contributed by atoms with van der Waals surface area (Å²) in [6, 6.07) is 0. The number of aromatic nitrogens is 1. The Labute approximate surface area is 73.6 Å². The molecule has 0 aliphatic rings. The average Bonchev–Trinajstić information content (AvgIpc) is 2.35. The predicted octanol–water partition coefficient (Wildman–Crippen LogP) is 1.97. The fraction of sp³-hybridized carbons (Fsp3) is 0.571. The summed E-state index contributed by atoms with van der Waals surface area (Å²) in [4.78, 5) is 3.87. The Balaban J connectivity index is 2.77.